The van der Waals surface area contributed by atoms with Gasteiger partial charge in [0.2, 0.25) is 5.91 Å². The van der Waals surface area contributed by atoms with Crippen LogP contribution in [0.3, 0.4) is 0 Å². The number of hydrogen-bond donors (Lipinski definition) is 1. The normalized spacial score (nSPS) is 10.6. The Hall–Kier alpha value is -2.46. The first-order valence-electron chi connectivity index (χ1n) is 7.01. The van der Waals surface area contributed by atoms with Crippen LogP contribution in [-0.2, 0) is 4.79 Å². The molecule has 0 aliphatic rings. The second kappa shape index (κ2) is 7.70. The van der Waals surface area contributed by atoms with Crippen LogP contribution in [0, 0.1) is 6.92 Å². The number of methoxy groups -OCH3 is 2. The maximum atomic E-state index is 12.0. The first-order valence-corrected chi connectivity index (χ1v) is 7.39. The maximum Gasteiger partial charge on any atom is 0.248 e. The van der Waals surface area contributed by atoms with E-state index in [-0.39, 0.29) is 5.91 Å². The van der Waals surface area contributed by atoms with Crippen molar-refractivity contribution in [1.29, 1.82) is 0 Å². The van der Waals surface area contributed by atoms with Gasteiger partial charge in [0.25, 0.3) is 0 Å². The Morgan fingerprint density at radius 2 is 1.96 bits per heavy atom. The zero-order valence-corrected chi connectivity index (χ0v) is 14.0. The predicted octanol–water partition coefficient (Wildman–Crippen LogP) is 4.32. The van der Waals surface area contributed by atoms with Crippen molar-refractivity contribution in [3.8, 4) is 11.5 Å². The molecule has 0 atom stereocenters. The van der Waals surface area contributed by atoms with Crippen LogP contribution >= 0.6 is 11.6 Å². The van der Waals surface area contributed by atoms with E-state index in [0.29, 0.717) is 22.2 Å². The van der Waals surface area contributed by atoms with Gasteiger partial charge in [0.1, 0.15) is 0 Å². The van der Waals surface area contributed by atoms with Gasteiger partial charge in [-0.1, -0.05) is 29.8 Å². The quantitative estimate of drug-likeness (QED) is 0.830. The molecule has 0 aromatic heterocycles. The summed E-state index contributed by atoms with van der Waals surface area (Å²) in [6.07, 6.45) is 3.11. The van der Waals surface area contributed by atoms with E-state index in [2.05, 4.69) is 5.32 Å². The molecule has 2 aromatic rings. The second-order valence-electron chi connectivity index (χ2n) is 4.87. The summed E-state index contributed by atoms with van der Waals surface area (Å²) in [5, 5.41) is 3.38. The van der Waals surface area contributed by atoms with Crippen LogP contribution in [0.15, 0.2) is 42.5 Å². The summed E-state index contributed by atoms with van der Waals surface area (Å²) in [7, 11) is 3.13. The Morgan fingerprint density at radius 1 is 1.17 bits per heavy atom. The molecule has 2 aromatic carbocycles. The minimum absolute atomic E-state index is 0.255. The average molecular weight is 332 g/mol. The van der Waals surface area contributed by atoms with Gasteiger partial charge >= 0.3 is 0 Å². The number of ether oxygens (including phenoxy) is 2. The van der Waals surface area contributed by atoms with Crippen LogP contribution < -0.4 is 14.8 Å². The van der Waals surface area contributed by atoms with Crippen LogP contribution in [0.4, 0.5) is 5.69 Å². The van der Waals surface area contributed by atoms with Gasteiger partial charge in [0.05, 0.1) is 14.2 Å². The molecular formula is C18H18ClNO3. The van der Waals surface area contributed by atoms with E-state index in [0.717, 1.165) is 11.1 Å². The fourth-order valence-corrected chi connectivity index (χ4v) is 2.24. The number of benzene rings is 2. The summed E-state index contributed by atoms with van der Waals surface area (Å²) in [5.41, 5.74) is 2.36. The van der Waals surface area contributed by atoms with Crippen molar-refractivity contribution in [1.82, 2.24) is 0 Å². The zero-order valence-electron chi connectivity index (χ0n) is 13.2. The molecular weight excluding hydrogens is 314 g/mol. The second-order valence-corrected chi connectivity index (χ2v) is 5.28. The van der Waals surface area contributed by atoms with Crippen molar-refractivity contribution in [2.45, 2.75) is 6.92 Å². The summed E-state index contributed by atoms with van der Waals surface area (Å²) in [4.78, 5) is 12.0. The number of carbonyl (C=O) groups is 1. The number of rotatable bonds is 5. The number of anilines is 1. The van der Waals surface area contributed by atoms with Crippen molar-refractivity contribution < 1.29 is 14.3 Å². The number of hydrogen-bond acceptors (Lipinski definition) is 3. The van der Waals surface area contributed by atoms with Gasteiger partial charge in [-0.2, -0.15) is 0 Å². The number of aryl methyl sites for hydroxylation is 1. The van der Waals surface area contributed by atoms with Gasteiger partial charge in [-0.3, -0.25) is 4.79 Å². The van der Waals surface area contributed by atoms with Crippen molar-refractivity contribution in [3.63, 3.8) is 0 Å². The smallest absolute Gasteiger partial charge is 0.248 e. The molecule has 5 heteroatoms. The predicted molar refractivity (Wildman–Crippen MR) is 93.4 cm³/mol. The highest BCUT2D eigenvalue weighted by Gasteiger charge is 2.07. The molecule has 0 saturated heterocycles. The van der Waals surface area contributed by atoms with Gasteiger partial charge < -0.3 is 14.8 Å². The average Bonchev–Trinajstić information content (AvgIpc) is 2.55. The third-order valence-corrected chi connectivity index (χ3v) is 3.69. The lowest BCUT2D eigenvalue weighted by atomic mass is 10.1. The molecule has 0 radical (unpaired) electrons. The highest BCUT2D eigenvalue weighted by molar-refractivity contribution is 6.31. The molecule has 1 N–H and O–H groups in total. The largest absolute Gasteiger partial charge is 0.493 e. The molecule has 0 aliphatic heterocycles. The molecule has 0 spiro atoms. The molecule has 1 amide bonds. The summed E-state index contributed by atoms with van der Waals surface area (Å²) in [6, 6.07) is 10.8. The first-order chi connectivity index (χ1) is 11.0. The molecule has 23 heavy (non-hydrogen) atoms. The van der Waals surface area contributed by atoms with E-state index >= 15 is 0 Å². The first kappa shape index (κ1) is 16.9. The van der Waals surface area contributed by atoms with Gasteiger partial charge in [-0.15, -0.1) is 0 Å². The van der Waals surface area contributed by atoms with Gasteiger partial charge in [0, 0.05) is 22.3 Å². The van der Waals surface area contributed by atoms with Gasteiger partial charge in [-0.05, 0) is 36.8 Å². The number of nitrogens with one attached hydrogen (secondary N) is 1. The monoisotopic (exact) mass is 331 g/mol. The number of carbonyl (C=O) groups excluding carboxylic acids is 1. The maximum absolute atomic E-state index is 12.0. The molecule has 0 heterocycles. The van der Waals surface area contributed by atoms with Crippen molar-refractivity contribution >= 4 is 29.3 Å². The molecule has 4 nitrogen and oxygen atoms in total. The molecule has 0 bridgehead atoms. The van der Waals surface area contributed by atoms with Crippen molar-refractivity contribution in [3.05, 3.63) is 58.6 Å². The topological polar surface area (TPSA) is 47.6 Å². The lowest BCUT2D eigenvalue weighted by molar-refractivity contribution is -0.111. The van der Waals surface area contributed by atoms with E-state index in [4.69, 9.17) is 21.1 Å². The van der Waals surface area contributed by atoms with Crippen LogP contribution in [0.25, 0.3) is 6.08 Å². The molecule has 0 fully saturated rings. The lowest BCUT2D eigenvalue weighted by Crippen LogP contribution is -2.07. The highest BCUT2D eigenvalue weighted by atomic mass is 35.5. The van der Waals surface area contributed by atoms with E-state index in [1.807, 2.05) is 25.1 Å². The van der Waals surface area contributed by atoms with Gasteiger partial charge in [0.15, 0.2) is 11.5 Å². The van der Waals surface area contributed by atoms with Crippen LogP contribution in [0.1, 0.15) is 11.1 Å². The number of para-hydroxylation sites is 1. The van der Waals surface area contributed by atoms with Crippen molar-refractivity contribution in [2.24, 2.45) is 0 Å². The summed E-state index contributed by atoms with van der Waals surface area (Å²) < 4.78 is 10.6. The zero-order chi connectivity index (χ0) is 16.8. The van der Waals surface area contributed by atoms with E-state index in [9.17, 15) is 4.79 Å². The molecule has 0 unspecified atom stereocenters. The SMILES string of the molecule is COc1cccc(/C=C/C(=O)Nc2ccc(C)c(Cl)c2)c1OC. The Bertz CT molecular complexity index is 741. The third-order valence-electron chi connectivity index (χ3n) is 3.29. The third kappa shape index (κ3) is 4.27. The molecule has 0 aliphatic carbocycles. The van der Waals surface area contributed by atoms with Gasteiger partial charge in [-0.25, -0.2) is 0 Å². The van der Waals surface area contributed by atoms with Crippen LogP contribution in [0.2, 0.25) is 5.02 Å². The minimum atomic E-state index is -0.255. The molecule has 2 rings (SSSR count). The number of halogens is 1. The molecule has 0 saturated carbocycles. The Morgan fingerprint density at radius 3 is 2.61 bits per heavy atom. The van der Waals surface area contributed by atoms with E-state index in [1.165, 1.54) is 6.08 Å². The fraction of sp³-hybridized carbons (Fsp3) is 0.167. The Balaban J connectivity index is 2.13. The van der Waals surface area contributed by atoms with E-state index < -0.39 is 0 Å². The minimum Gasteiger partial charge on any atom is -0.493 e. The standard InChI is InChI=1S/C18H18ClNO3/c1-12-7-9-14(11-15(12)19)20-17(21)10-8-13-5-4-6-16(22-2)18(13)23-3/h4-11H,1-3H3,(H,20,21)/b10-8+. The van der Waals surface area contributed by atoms with Crippen molar-refractivity contribution in [2.75, 3.05) is 19.5 Å². The summed E-state index contributed by atoms with van der Waals surface area (Å²) in [5.74, 6) is 0.938. The Kier molecular flexibility index (Phi) is 5.66. The fourth-order valence-electron chi connectivity index (χ4n) is 2.06. The lowest BCUT2D eigenvalue weighted by Gasteiger charge is -2.09. The van der Waals surface area contributed by atoms with E-state index in [1.54, 1.807) is 38.5 Å². The Labute approximate surface area is 140 Å². The highest BCUT2D eigenvalue weighted by Crippen LogP contribution is 2.31. The van der Waals surface area contributed by atoms with Crippen LogP contribution in [-0.4, -0.2) is 20.1 Å². The van der Waals surface area contributed by atoms with Crippen LogP contribution in [0.5, 0.6) is 11.5 Å². The number of amides is 1. The summed E-state index contributed by atoms with van der Waals surface area (Å²) in [6.45, 7) is 1.91. The molecule has 120 valence electrons. The summed E-state index contributed by atoms with van der Waals surface area (Å²) >= 11 is 6.04.